The zero-order valence-corrected chi connectivity index (χ0v) is 22.8. The van der Waals surface area contributed by atoms with Crippen LogP contribution in [0.3, 0.4) is 0 Å². The van der Waals surface area contributed by atoms with Gasteiger partial charge in [-0.2, -0.15) is 10.1 Å². The maximum absolute atomic E-state index is 13.9. The van der Waals surface area contributed by atoms with E-state index in [1.54, 1.807) is 17.9 Å². The van der Waals surface area contributed by atoms with Crippen molar-refractivity contribution in [3.05, 3.63) is 35.4 Å². The van der Waals surface area contributed by atoms with Crippen molar-refractivity contribution in [1.82, 2.24) is 24.6 Å². The van der Waals surface area contributed by atoms with Gasteiger partial charge >= 0.3 is 0 Å². The number of aromatic nitrogens is 4. The van der Waals surface area contributed by atoms with Crippen LogP contribution in [-0.4, -0.2) is 75.2 Å². The summed E-state index contributed by atoms with van der Waals surface area (Å²) in [5, 5.41) is 4.47. The molecule has 2 fully saturated rings. The lowest BCUT2D eigenvalue weighted by Crippen LogP contribution is -2.42. The molecule has 3 heterocycles. The second kappa shape index (κ2) is 10.6. The smallest absolute Gasteiger partial charge is 0.228 e. The maximum Gasteiger partial charge on any atom is 0.228 e. The van der Waals surface area contributed by atoms with Crippen molar-refractivity contribution in [3.63, 3.8) is 0 Å². The lowest BCUT2D eigenvalue weighted by atomic mass is 9.64. The molecule has 0 bridgehead atoms. The fourth-order valence-electron chi connectivity index (χ4n) is 6.38. The third-order valence-corrected chi connectivity index (χ3v) is 8.56. The SMILES string of the molecule is CO[C@@H]1C[C@@H]([C@H](C)Oc2cc(-c3ccn(C)n3)nc(C(=O)C3=C(N)[C@]4(CCCCC4=O)CCC3)n2)N(C)C1. The molecule has 38 heavy (non-hydrogen) atoms. The molecule has 2 aromatic heterocycles. The molecule has 1 aliphatic heterocycles. The first kappa shape index (κ1) is 26.5. The number of aryl methyl sites for hydroxylation is 1. The van der Waals surface area contributed by atoms with Crippen LogP contribution in [0.25, 0.3) is 11.4 Å². The summed E-state index contributed by atoms with van der Waals surface area (Å²) >= 11 is 0. The van der Waals surface area contributed by atoms with Crippen molar-refractivity contribution in [3.8, 4) is 17.3 Å². The highest BCUT2D eigenvalue weighted by Crippen LogP contribution is 2.47. The van der Waals surface area contributed by atoms with Crippen LogP contribution in [-0.2, 0) is 16.6 Å². The van der Waals surface area contributed by atoms with Crippen LogP contribution >= 0.6 is 0 Å². The average molecular weight is 523 g/mol. The number of nitrogens with zero attached hydrogens (tertiary/aromatic N) is 5. The van der Waals surface area contributed by atoms with Gasteiger partial charge in [0, 0.05) is 56.7 Å². The van der Waals surface area contributed by atoms with E-state index in [2.05, 4.69) is 27.0 Å². The number of carbonyl (C=O) groups is 2. The van der Waals surface area contributed by atoms with Gasteiger partial charge in [-0.05, 0) is 58.6 Å². The van der Waals surface area contributed by atoms with E-state index in [9.17, 15) is 9.59 Å². The fraction of sp³-hybridized carbons (Fsp3) is 0.607. The molecule has 0 radical (unpaired) electrons. The second-order valence-electron chi connectivity index (χ2n) is 11.0. The first-order chi connectivity index (χ1) is 18.2. The fourth-order valence-corrected chi connectivity index (χ4v) is 6.38. The van der Waals surface area contributed by atoms with E-state index in [-0.39, 0.29) is 35.6 Å². The number of Topliss-reactive ketones (excluding diaryl/α,β-unsaturated/α-hetero) is 2. The summed E-state index contributed by atoms with van der Waals surface area (Å²) in [5.41, 5.74) is 7.90. The second-order valence-corrected chi connectivity index (χ2v) is 11.0. The van der Waals surface area contributed by atoms with Crippen LogP contribution in [0.4, 0.5) is 0 Å². The number of hydrogen-bond donors (Lipinski definition) is 1. The molecule has 204 valence electrons. The van der Waals surface area contributed by atoms with Gasteiger partial charge in [-0.3, -0.25) is 19.2 Å². The van der Waals surface area contributed by atoms with E-state index in [1.165, 1.54) is 0 Å². The van der Waals surface area contributed by atoms with Gasteiger partial charge in [0.15, 0.2) is 0 Å². The summed E-state index contributed by atoms with van der Waals surface area (Å²) in [6, 6.07) is 3.70. The van der Waals surface area contributed by atoms with Gasteiger partial charge in [0.1, 0.15) is 17.6 Å². The Morgan fingerprint density at radius 3 is 2.63 bits per heavy atom. The minimum atomic E-state index is -0.723. The van der Waals surface area contributed by atoms with Crippen molar-refractivity contribution >= 4 is 11.6 Å². The van der Waals surface area contributed by atoms with Crippen molar-refractivity contribution in [2.45, 2.75) is 76.5 Å². The molecule has 1 spiro atoms. The number of nitrogens with two attached hydrogens (primary N) is 1. The van der Waals surface area contributed by atoms with Gasteiger partial charge in [0.25, 0.3) is 0 Å². The van der Waals surface area contributed by atoms with E-state index in [0.717, 1.165) is 32.2 Å². The predicted octanol–water partition coefficient (Wildman–Crippen LogP) is 3.07. The Morgan fingerprint density at radius 2 is 1.95 bits per heavy atom. The molecule has 0 aromatic carbocycles. The molecule has 10 heteroatoms. The quantitative estimate of drug-likeness (QED) is 0.546. The van der Waals surface area contributed by atoms with Crippen molar-refractivity contribution in [2.75, 3.05) is 20.7 Å². The number of hydrogen-bond acceptors (Lipinski definition) is 9. The first-order valence-electron chi connectivity index (χ1n) is 13.6. The van der Waals surface area contributed by atoms with Gasteiger partial charge in [0.05, 0.1) is 17.2 Å². The number of methoxy groups -OCH3 is 1. The average Bonchev–Trinajstić information content (AvgIpc) is 3.52. The van der Waals surface area contributed by atoms with E-state index in [1.807, 2.05) is 26.2 Å². The molecule has 3 aliphatic rings. The molecule has 0 unspecified atom stereocenters. The molecule has 2 aromatic rings. The first-order valence-corrected chi connectivity index (χ1v) is 13.6. The Balaban J connectivity index is 1.50. The van der Waals surface area contributed by atoms with Crippen LogP contribution in [0, 0.1) is 5.41 Å². The minimum absolute atomic E-state index is 0.0168. The van der Waals surface area contributed by atoms with Crippen LogP contribution in [0.15, 0.2) is 29.6 Å². The van der Waals surface area contributed by atoms with E-state index in [4.69, 9.17) is 15.2 Å². The van der Waals surface area contributed by atoms with Crippen LogP contribution in [0.2, 0.25) is 0 Å². The molecule has 2 N–H and O–H groups in total. The third kappa shape index (κ3) is 4.87. The van der Waals surface area contributed by atoms with Crippen LogP contribution in [0.5, 0.6) is 5.88 Å². The maximum atomic E-state index is 13.9. The van der Waals surface area contributed by atoms with E-state index >= 15 is 0 Å². The summed E-state index contributed by atoms with van der Waals surface area (Å²) in [7, 11) is 5.61. The Kier molecular flexibility index (Phi) is 7.37. The molecular weight excluding hydrogens is 484 g/mol. The monoisotopic (exact) mass is 522 g/mol. The van der Waals surface area contributed by atoms with Gasteiger partial charge in [-0.15, -0.1) is 0 Å². The highest BCUT2D eigenvalue weighted by molar-refractivity contribution is 6.08. The zero-order chi connectivity index (χ0) is 27.0. The number of allylic oxidation sites excluding steroid dienone is 2. The third-order valence-electron chi connectivity index (χ3n) is 8.56. The van der Waals surface area contributed by atoms with Gasteiger partial charge < -0.3 is 15.2 Å². The van der Waals surface area contributed by atoms with Crippen molar-refractivity contribution < 1.29 is 19.1 Å². The molecule has 1 saturated carbocycles. The Morgan fingerprint density at radius 1 is 1.16 bits per heavy atom. The van der Waals surface area contributed by atoms with Gasteiger partial charge in [0.2, 0.25) is 17.5 Å². The Labute approximate surface area is 223 Å². The Bertz CT molecular complexity index is 1260. The topological polar surface area (TPSA) is 125 Å². The lowest BCUT2D eigenvalue weighted by Gasteiger charge is -2.40. The molecule has 1 saturated heterocycles. The highest BCUT2D eigenvalue weighted by atomic mass is 16.5. The number of carbonyl (C=O) groups excluding carboxylic acids is 2. The summed E-state index contributed by atoms with van der Waals surface area (Å²) in [4.78, 5) is 38.3. The number of ether oxygens (including phenoxy) is 2. The summed E-state index contributed by atoms with van der Waals surface area (Å²) in [6.07, 6.45) is 7.61. The molecule has 10 nitrogen and oxygen atoms in total. The number of likely N-dealkylation sites (tertiary alicyclic amines) is 1. The number of ketones is 2. The molecule has 2 aliphatic carbocycles. The van der Waals surface area contributed by atoms with Gasteiger partial charge in [-0.25, -0.2) is 4.98 Å². The molecule has 5 rings (SSSR count). The molecule has 4 atom stereocenters. The Hall–Kier alpha value is -3.11. The van der Waals surface area contributed by atoms with Gasteiger partial charge in [-0.1, -0.05) is 6.42 Å². The largest absolute Gasteiger partial charge is 0.473 e. The van der Waals surface area contributed by atoms with Crippen LogP contribution < -0.4 is 10.5 Å². The standard InChI is InChI=1S/C28H38N6O4/c1-17(22-14-18(37-4)16-33(22)2)38-24-15-21(20-10-13-34(3)32-20)30-27(31-24)25(36)19-8-7-12-28(26(19)29)11-6-5-9-23(28)35/h10,13,15,17-18,22H,5-9,11-12,14,16,29H2,1-4H3/t17-,18+,22-,28+/m0/s1. The molecule has 0 amide bonds. The van der Waals surface area contributed by atoms with E-state index < -0.39 is 5.41 Å². The minimum Gasteiger partial charge on any atom is -0.473 e. The predicted molar refractivity (Wildman–Crippen MR) is 141 cm³/mol. The number of likely N-dealkylation sites (N-methyl/N-ethyl adjacent to an activating group) is 1. The summed E-state index contributed by atoms with van der Waals surface area (Å²) in [6.45, 7) is 2.83. The summed E-state index contributed by atoms with van der Waals surface area (Å²) < 4.78 is 13.6. The van der Waals surface area contributed by atoms with Crippen molar-refractivity contribution in [1.29, 1.82) is 0 Å². The normalized spacial score (nSPS) is 27.2. The lowest BCUT2D eigenvalue weighted by molar-refractivity contribution is -0.129. The summed E-state index contributed by atoms with van der Waals surface area (Å²) in [5.74, 6) is 0.141. The van der Waals surface area contributed by atoms with Crippen LogP contribution in [0.1, 0.15) is 68.9 Å². The van der Waals surface area contributed by atoms with E-state index in [0.29, 0.717) is 54.2 Å². The molecular formula is C28H38N6O4. The number of rotatable bonds is 7. The van der Waals surface area contributed by atoms with Crippen molar-refractivity contribution in [2.24, 2.45) is 18.2 Å². The highest BCUT2D eigenvalue weighted by Gasteiger charge is 2.46. The zero-order valence-electron chi connectivity index (χ0n) is 22.8.